The first kappa shape index (κ1) is 9.58. The van der Waals surface area contributed by atoms with Gasteiger partial charge in [0, 0.05) is 11.8 Å². The van der Waals surface area contributed by atoms with Crippen LogP contribution in [-0.2, 0) is 9.47 Å². The van der Waals surface area contributed by atoms with Crippen LogP contribution in [0.25, 0.3) is 0 Å². The van der Waals surface area contributed by atoms with Crippen LogP contribution in [0.2, 0.25) is 0 Å². The third-order valence-corrected chi connectivity index (χ3v) is 3.50. The molecule has 0 aromatic rings. The van der Waals surface area contributed by atoms with Crippen molar-refractivity contribution in [2.45, 2.75) is 37.9 Å². The quantitative estimate of drug-likeness (QED) is 0.651. The summed E-state index contributed by atoms with van der Waals surface area (Å²) in [6.45, 7) is 3.80. The normalized spacial score (nSPS) is 50.5. The van der Waals surface area contributed by atoms with Gasteiger partial charge in [-0.15, -0.1) is 0 Å². The first-order valence-corrected chi connectivity index (χ1v) is 5.47. The smallest absolute Gasteiger partial charge is 0.163 e. The Hall–Kier alpha value is -0.640. The summed E-state index contributed by atoms with van der Waals surface area (Å²) in [5.41, 5.74) is 0. The van der Waals surface area contributed by atoms with Crippen molar-refractivity contribution in [3.05, 3.63) is 24.3 Å². The summed E-state index contributed by atoms with van der Waals surface area (Å²) in [5.74, 6) is -0.145. The molecule has 82 valence electrons. The molecule has 0 unspecified atom stereocenters. The largest absolute Gasteiger partial charge is 0.390 e. The highest BCUT2D eigenvalue weighted by Crippen LogP contribution is 2.46. The van der Waals surface area contributed by atoms with E-state index in [2.05, 4.69) is 6.08 Å². The Balaban J connectivity index is 1.92. The third-order valence-electron chi connectivity index (χ3n) is 3.50. The van der Waals surface area contributed by atoms with Crippen LogP contribution >= 0.6 is 0 Å². The van der Waals surface area contributed by atoms with Gasteiger partial charge in [0.05, 0.1) is 12.2 Å². The van der Waals surface area contributed by atoms with Gasteiger partial charge in [0.1, 0.15) is 6.10 Å². The lowest BCUT2D eigenvalue weighted by Crippen LogP contribution is -2.31. The average molecular weight is 208 g/mol. The average Bonchev–Trinajstić information content (AvgIpc) is 2.63. The Kier molecular flexibility index (Phi) is 1.88. The minimum absolute atomic E-state index is 0.00111. The number of hydrogen-bond donors (Lipinski definition) is 1. The van der Waals surface area contributed by atoms with E-state index in [-0.39, 0.29) is 24.0 Å². The third kappa shape index (κ3) is 1.30. The number of hydrogen-bond acceptors (Lipinski definition) is 3. The zero-order valence-electron chi connectivity index (χ0n) is 8.96. The second-order valence-electron chi connectivity index (χ2n) is 4.98. The second kappa shape index (κ2) is 2.94. The van der Waals surface area contributed by atoms with Gasteiger partial charge in [-0.2, -0.15) is 0 Å². The number of allylic oxidation sites excluding steroid dienone is 2. The summed E-state index contributed by atoms with van der Waals surface area (Å²) < 4.78 is 11.6. The maximum absolute atomic E-state index is 10.1. The molecule has 3 aliphatic rings. The molecule has 1 saturated carbocycles. The summed E-state index contributed by atoms with van der Waals surface area (Å²) in [6, 6.07) is 0. The van der Waals surface area contributed by atoms with Crippen molar-refractivity contribution >= 4 is 0 Å². The summed E-state index contributed by atoms with van der Waals surface area (Å²) in [4.78, 5) is 0. The predicted molar refractivity (Wildman–Crippen MR) is 55.1 cm³/mol. The molecule has 3 nitrogen and oxygen atoms in total. The van der Waals surface area contributed by atoms with Crippen molar-refractivity contribution in [1.82, 2.24) is 0 Å². The Morgan fingerprint density at radius 2 is 1.60 bits per heavy atom. The van der Waals surface area contributed by atoms with Crippen LogP contribution < -0.4 is 0 Å². The van der Waals surface area contributed by atoms with Crippen molar-refractivity contribution < 1.29 is 14.6 Å². The summed E-state index contributed by atoms with van der Waals surface area (Å²) >= 11 is 0. The van der Waals surface area contributed by atoms with E-state index >= 15 is 0 Å². The van der Waals surface area contributed by atoms with E-state index in [4.69, 9.17) is 9.47 Å². The van der Waals surface area contributed by atoms with Crippen molar-refractivity contribution in [1.29, 1.82) is 0 Å². The van der Waals surface area contributed by atoms with Crippen molar-refractivity contribution in [2.75, 3.05) is 0 Å². The molecule has 1 aliphatic heterocycles. The molecule has 0 bridgehead atoms. The van der Waals surface area contributed by atoms with Crippen LogP contribution in [0.4, 0.5) is 0 Å². The molecule has 1 N–H and O–H groups in total. The molecule has 1 saturated heterocycles. The molecule has 0 radical (unpaired) electrons. The molecule has 15 heavy (non-hydrogen) atoms. The Labute approximate surface area is 89.4 Å². The fourth-order valence-electron chi connectivity index (χ4n) is 2.91. The summed E-state index contributed by atoms with van der Waals surface area (Å²) in [7, 11) is 0. The van der Waals surface area contributed by atoms with E-state index in [1.54, 1.807) is 0 Å². The molecule has 0 aromatic carbocycles. The van der Waals surface area contributed by atoms with Crippen LogP contribution in [0.5, 0.6) is 0 Å². The Bertz CT molecular complexity index is 332. The van der Waals surface area contributed by atoms with E-state index < -0.39 is 11.9 Å². The standard InChI is InChI=1S/C12H16O3/c1-12(2)14-10-8-6-4-3-5-7(8)9(13)11(10)15-12/h3-11,13H,1-2H3/t7-,8+,9-,10-,11+/m1/s1. The van der Waals surface area contributed by atoms with Crippen LogP contribution in [0.15, 0.2) is 24.3 Å². The molecular weight excluding hydrogens is 192 g/mol. The topological polar surface area (TPSA) is 38.7 Å². The second-order valence-corrected chi connectivity index (χ2v) is 4.98. The predicted octanol–water partition coefficient (Wildman–Crippen LogP) is 1.24. The van der Waals surface area contributed by atoms with Crippen LogP contribution in [-0.4, -0.2) is 29.2 Å². The van der Waals surface area contributed by atoms with Crippen molar-refractivity contribution in [3.63, 3.8) is 0 Å². The van der Waals surface area contributed by atoms with Gasteiger partial charge in [-0.25, -0.2) is 0 Å². The maximum atomic E-state index is 10.1. The molecule has 2 aliphatic carbocycles. The van der Waals surface area contributed by atoms with Gasteiger partial charge in [-0.1, -0.05) is 24.3 Å². The molecule has 3 heteroatoms. The minimum Gasteiger partial charge on any atom is -0.390 e. The first-order valence-electron chi connectivity index (χ1n) is 5.47. The highest BCUT2D eigenvalue weighted by atomic mass is 16.8. The van der Waals surface area contributed by atoms with Gasteiger partial charge < -0.3 is 14.6 Å². The van der Waals surface area contributed by atoms with Gasteiger partial charge in [-0.3, -0.25) is 0 Å². The lowest BCUT2D eigenvalue weighted by atomic mass is 9.90. The van der Waals surface area contributed by atoms with Crippen LogP contribution in [0, 0.1) is 11.8 Å². The monoisotopic (exact) mass is 208 g/mol. The molecule has 0 amide bonds. The fraction of sp³-hybridized carbons (Fsp3) is 0.667. The number of aliphatic hydroxyl groups excluding tert-OH is 1. The highest BCUT2D eigenvalue weighted by molar-refractivity contribution is 5.23. The Morgan fingerprint density at radius 1 is 1.00 bits per heavy atom. The molecule has 0 aromatic heterocycles. The van der Waals surface area contributed by atoms with Gasteiger partial charge >= 0.3 is 0 Å². The van der Waals surface area contributed by atoms with Gasteiger partial charge in [0.15, 0.2) is 5.79 Å². The van der Waals surface area contributed by atoms with E-state index in [0.29, 0.717) is 0 Å². The number of ether oxygens (including phenoxy) is 2. The Morgan fingerprint density at radius 3 is 2.33 bits per heavy atom. The lowest BCUT2D eigenvalue weighted by Gasteiger charge is -2.26. The van der Waals surface area contributed by atoms with Gasteiger partial charge in [0.25, 0.3) is 0 Å². The molecular formula is C12H16O3. The lowest BCUT2D eigenvalue weighted by molar-refractivity contribution is -0.169. The van der Waals surface area contributed by atoms with Crippen LogP contribution in [0.3, 0.4) is 0 Å². The molecule has 5 atom stereocenters. The molecule has 0 spiro atoms. The van der Waals surface area contributed by atoms with E-state index in [0.717, 1.165) is 0 Å². The minimum atomic E-state index is -0.559. The van der Waals surface area contributed by atoms with E-state index in [9.17, 15) is 5.11 Å². The molecule has 2 fully saturated rings. The molecule has 1 heterocycles. The molecule has 3 rings (SSSR count). The number of rotatable bonds is 0. The van der Waals surface area contributed by atoms with Crippen molar-refractivity contribution in [2.24, 2.45) is 11.8 Å². The first-order chi connectivity index (χ1) is 7.08. The van der Waals surface area contributed by atoms with Crippen molar-refractivity contribution in [3.8, 4) is 0 Å². The van der Waals surface area contributed by atoms with E-state index in [1.165, 1.54) is 0 Å². The zero-order chi connectivity index (χ0) is 10.6. The number of fused-ring (bicyclic) bond motifs is 3. The van der Waals surface area contributed by atoms with Crippen LogP contribution in [0.1, 0.15) is 13.8 Å². The SMILES string of the molecule is CC1(C)O[C@@H]2[C@H]3C=CC=C[C@H]3[C@@H](O)[C@@H]2O1. The summed E-state index contributed by atoms with van der Waals surface area (Å²) in [5, 5.41) is 10.1. The fourth-order valence-corrected chi connectivity index (χ4v) is 2.91. The zero-order valence-corrected chi connectivity index (χ0v) is 8.96. The maximum Gasteiger partial charge on any atom is 0.163 e. The highest BCUT2D eigenvalue weighted by Gasteiger charge is 2.57. The number of aliphatic hydroxyl groups is 1. The summed E-state index contributed by atoms with van der Waals surface area (Å²) in [6.07, 6.45) is 7.55. The van der Waals surface area contributed by atoms with Gasteiger partial charge in [-0.05, 0) is 13.8 Å². The van der Waals surface area contributed by atoms with Gasteiger partial charge in [0.2, 0.25) is 0 Å². The van der Waals surface area contributed by atoms with E-state index in [1.807, 2.05) is 32.1 Å².